The van der Waals surface area contributed by atoms with E-state index in [1.165, 1.54) is 0 Å². The molecule has 0 aromatic carbocycles. The molecule has 8 heteroatoms. The summed E-state index contributed by atoms with van der Waals surface area (Å²) in [7, 11) is 0. The second-order valence-corrected chi connectivity index (χ2v) is 9.18. The second kappa shape index (κ2) is 6.65. The molecule has 0 aromatic heterocycles. The molecule has 5 rings (SSSR count). The number of aliphatic carboxylic acids is 1. The molecule has 4 saturated heterocycles. The summed E-state index contributed by atoms with van der Waals surface area (Å²) in [5.41, 5.74) is -0.760. The number of rotatable bonds is 4. The highest BCUT2D eigenvalue weighted by molar-refractivity contribution is 5.76. The summed E-state index contributed by atoms with van der Waals surface area (Å²) < 4.78 is 18.2. The molecule has 0 amide bonds. The van der Waals surface area contributed by atoms with E-state index in [9.17, 15) is 9.59 Å². The monoisotopic (exact) mass is 398 g/mol. The molecule has 1 saturated carbocycles. The number of carboxylic acid groups (broad SMARTS) is 1. The minimum Gasteiger partial charge on any atom is -0.481 e. The first kappa shape index (κ1) is 20.1. The summed E-state index contributed by atoms with van der Waals surface area (Å²) in [6.07, 6.45) is 2.29. The third kappa shape index (κ3) is 2.88. The van der Waals surface area contributed by atoms with Gasteiger partial charge in [-0.3, -0.25) is 9.59 Å². The minimum atomic E-state index is -1.12. The van der Waals surface area contributed by atoms with Crippen LogP contribution in [0.2, 0.25) is 0 Å². The smallest absolute Gasteiger partial charge is 0.308 e. The zero-order chi connectivity index (χ0) is 20.3. The van der Waals surface area contributed by atoms with Crippen molar-refractivity contribution in [2.24, 2.45) is 23.7 Å². The van der Waals surface area contributed by atoms with Crippen LogP contribution in [0.1, 0.15) is 66.2 Å². The van der Waals surface area contributed by atoms with Gasteiger partial charge in [-0.25, -0.2) is 9.78 Å². The number of hydrogen-bond donors (Lipinski definition) is 1. The van der Waals surface area contributed by atoms with Crippen molar-refractivity contribution in [3.05, 3.63) is 0 Å². The molecular weight excluding hydrogens is 368 g/mol. The van der Waals surface area contributed by atoms with Crippen molar-refractivity contribution in [3.8, 4) is 0 Å². The van der Waals surface area contributed by atoms with Crippen LogP contribution < -0.4 is 0 Å². The number of hydrogen-bond acceptors (Lipinski definition) is 7. The van der Waals surface area contributed by atoms with Crippen LogP contribution in [-0.2, 0) is 33.6 Å². The van der Waals surface area contributed by atoms with Crippen molar-refractivity contribution >= 4 is 11.9 Å². The SMILES string of the molecule is C[C@H]1[C@H](OC(=O)CCC(=O)O)O[C@]2(C)O[C@@]3(C)CC[C@H]4[C@H](C)CC[C@@H]1[C@]42OO3. The van der Waals surface area contributed by atoms with Gasteiger partial charge in [0, 0.05) is 18.3 Å². The van der Waals surface area contributed by atoms with Gasteiger partial charge in [0.15, 0.2) is 5.60 Å². The van der Waals surface area contributed by atoms with Gasteiger partial charge in [-0.05, 0) is 44.9 Å². The van der Waals surface area contributed by atoms with E-state index in [-0.39, 0.29) is 30.6 Å². The number of carboxylic acids is 1. The summed E-state index contributed by atoms with van der Waals surface area (Å²) in [5.74, 6) is -3.10. The quantitative estimate of drug-likeness (QED) is 0.570. The topological polar surface area (TPSA) is 101 Å². The molecule has 158 valence electrons. The minimum absolute atomic E-state index is 0.0346. The number of esters is 1. The molecule has 5 fully saturated rings. The third-order valence-corrected chi connectivity index (χ3v) is 7.30. The van der Waals surface area contributed by atoms with Crippen LogP contribution in [0.4, 0.5) is 0 Å². The average molecular weight is 398 g/mol. The van der Waals surface area contributed by atoms with Gasteiger partial charge in [0.25, 0.3) is 0 Å². The Morgan fingerprint density at radius 3 is 2.54 bits per heavy atom. The Balaban J connectivity index is 1.65. The maximum Gasteiger partial charge on any atom is 0.308 e. The predicted octanol–water partition coefficient (Wildman–Crippen LogP) is 2.99. The average Bonchev–Trinajstić information content (AvgIpc) is 2.82. The lowest BCUT2D eigenvalue weighted by atomic mass is 9.55. The van der Waals surface area contributed by atoms with Gasteiger partial charge < -0.3 is 19.3 Å². The van der Waals surface area contributed by atoms with Crippen LogP contribution in [0.3, 0.4) is 0 Å². The molecule has 2 bridgehead atoms. The maximum atomic E-state index is 12.2. The van der Waals surface area contributed by atoms with E-state index >= 15 is 0 Å². The first-order valence-corrected chi connectivity index (χ1v) is 10.3. The van der Waals surface area contributed by atoms with Crippen molar-refractivity contribution in [1.82, 2.24) is 0 Å². The van der Waals surface area contributed by atoms with Gasteiger partial charge in [-0.1, -0.05) is 13.8 Å². The molecule has 28 heavy (non-hydrogen) atoms. The van der Waals surface area contributed by atoms with Crippen LogP contribution in [-0.4, -0.2) is 40.5 Å². The summed E-state index contributed by atoms with van der Waals surface area (Å²) in [4.78, 5) is 34.8. The molecule has 1 aliphatic carbocycles. The van der Waals surface area contributed by atoms with Gasteiger partial charge in [0.05, 0.1) is 12.8 Å². The fraction of sp³-hybridized carbons (Fsp3) is 0.900. The molecule has 4 heterocycles. The lowest BCUT2D eigenvalue weighted by Crippen LogP contribution is -2.76. The lowest BCUT2D eigenvalue weighted by Gasteiger charge is -2.64. The predicted molar refractivity (Wildman–Crippen MR) is 94.4 cm³/mol. The fourth-order valence-corrected chi connectivity index (χ4v) is 5.92. The molecule has 0 unspecified atom stereocenters. The van der Waals surface area contributed by atoms with Crippen molar-refractivity contribution in [3.63, 3.8) is 0 Å². The highest BCUT2D eigenvalue weighted by atomic mass is 17.3. The molecule has 0 aromatic rings. The first-order valence-electron chi connectivity index (χ1n) is 10.3. The van der Waals surface area contributed by atoms with E-state index in [2.05, 4.69) is 6.92 Å². The Labute approximate surface area is 164 Å². The van der Waals surface area contributed by atoms with Crippen molar-refractivity contribution in [2.75, 3.05) is 0 Å². The Bertz CT molecular complexity index is 667. The van der Waals surface area contributed by atoms with Crippen LogP contribution >= 0.6 is 0 Å². The third-order valence-electron chi connectivity index (χ3n) is 7.30. The molecular formula is C20H30O8. The van der Waals surface area contributed by atoms with Gasteiger partial charge in [-0.2, -0.15) is 0 Å². The van der Waals surface area contributed by atoms with Crippen molar-refractivity contribution in [1.29, 1.82) is 0 Å². The Morgan fingerprint density at radius 1 is 1.07 bits per heavy atom. The Kier molecular flexibility index (Phi) is 4.77. The van der Waals surface area contributed by atoms with Crippen LogP contribution in [0, 0.1) is 23.7 Å². The Morgan fingerprint density at radius 2 is 1.82 bits per heavy atom. The molecule has 1 N–H and O–H groups in total. The van der Waals surface area contributed by atoms with Crippen LogP contribution in [0.15, 0.2) is 0 Å². The van der Waals surface area contributed by atoms with Crippen LogP contribution in [0.25, 0.3) is 0 Å². The molecule has 5 aliphatic rings. The summed E-state index contributed by atoms with van der Waals surface area (Å²) in [6, 6.07) is 0. The van der Waals surface area contributed by atoms with Gasteiger partial charge >= 0.3 is 11.9 Å². The Hall–Kier alpha value is -1.22. The molecule has 8 nitrogen and oxygen atoms in total. The number of carbonyl (C=O) groups is 2. The summed E-state index contributed by atoms with van der Waals surface area (Å²) in [5, 5.41) is 8.80. The van der Waals surface area contributed by atoms with Gasteiger partial charge in [0.2, 0.25) is 17.9 Å². The molecule has 0 radical (unpaired) electrons. The number of carbonyl (C=O) groups excluding carboxylic acids is 1. The van der Waals surface area contributed by atoms with E-state index in [0.717, 1.165) is 19.3 Å². The van der Waals surface area contributed by atoms with Gasteiger partial charge in [-0.15, -0.1) is 0 Å². The molecule has 4 aliphatic heterocycles. The number of ether oxygens (including phenoxy) is 3. The molecule has 1 spiro atoms. The highest BCUT2D eigenvalue weighted by Crippen LogP contribution is 2.64. The van der Waals surface area contributed by atoms with Gasteiger partial charge in [0.1, 0.15) is 0 Å². The fourth-order valence-electron chi connectivity index (χ4n) is 5.92. The molecule has 8 atom stereocenters. The standard InChI is InChI=1S/C20H30O8/c1-11-5-6-14-12(2)17(24-16(23)8-7-15(21)22)25-19(4)20(14)13(11)9-10-18(3,26-19)27-28-20/h11-14,17H,5-10H2,1-4H3,(H,21,22)/t11-,12-,13+,14+,17-,18-,19-,20-/m1/s1. The van der Waals surface area contributed by atoms with E-state index in [1.807, 2.05) is 20.8 Å². The lowest BCUT2D eigenvalue weighted by molar-refractivity contribution is -0.604. The largest absolute Gasteiger partial charge is 0.481 e. The highest BCUT2D eigenvalue weighted by Gasteiger charge is 2.75. The second-order valence-electron chi connectivity index (χ2n) is 9.18. The zero-order valence-corrected chi connectivity index (χ0v) is 16.9. The van der Waals surface area contributed by atoms with Crippen molar-refractivity contribution in [2.45, 2.75) is 89.7 Å². The van der Waals surface area contributed by atoms with Crippen molar-refractivity contribution < 1.29 is 38.7 Å². The van der Waals surface area contributed by atoms with E-state index in [0.29, 0.717) is 12.3 Å². The summed E-state index contributed by atoms with van der Waals surface area (Å²) in [6.45, 7) is 7.94. The van der Waals surface area contributed by atoms with Crippen LogP contribution in [0.5, 0.6) is 0 Å². The zero-order valence-electron chi connectivity index (χ0n) is 16.9. The maximum absolute atomic E-state index is 12.2. The van der Waals surface area contributed by atoms with E-state index < -0.39 is 35.4 Å². The normalized spacial score (nSPS) is 49.8. The number of fused-ring (bicyclic) bond motifs is 2. The van der Waals surface area contributed by atoms with E-state index in [1.54, 1.807) is 0 Å². The first-order chi connectivity index (χ1) is 13.1. The van der Waals surface area contributed by atoms with E-state index in [4.69, 9.17) is 29.1 Å². The summed E-state index contributed by atoms with van der Waals surface area (Å²) >= 11 is 0.